The van der Waals surface area contributed by atoms with Crippen LogP contribution in [-0.2, 0) is 19.1 Å². The highest BCUT2D eigenvalue weighted by atomic mass is 16.6. The molecule has 0 amide bonds. The van der Waals surface area contributed by atoms with Crippen molar-refractivity contribution in [2.45, 2.75) is 71.1 Å². The summed E-state index contributed by atoms with van der Waals surface area (Å²) in [7, 11) is 0. The Bertz CT molecular complexity index is 897. The molecule has 0 heterocycles. The number of ether oxygens (including phenoxy) is 4. The van der Waals surface area contributed by atoms with Crippen molar-refractivity contribution in [1.29, 1.82) is 0 Å². The maximum Gasteiger partial charge on any atom is 0.330 e. The van der Waals surface area contributed by atoms with Gasteiger partial charge >= 0.3 is 11.9 Å². The second-order valence-corrected chi connectivity index (χ2v) is 9.24. The predicted molar refractivity (Wildman–Crippen MR) is 150 cm³/mol. The Morgan fingerprint density at radius 3 is 1.87 bits per heavy atom. The number of unbranched alkanes of at least 4 members (excludes halogenated alkanes) is 6. The number of rotatable bonds is 21. The van der Waals surface area contributed by atoms with Crippen molar-refractivity contribution in [2.75, 3.05) is 26.4 Å². The molecule has 0 spiro atoms. The second kappa shape index (κ2) is 20.7. The number of para-hydroxylation sites is 2. The molecule has 0 bridgehead atoms. The Kier molecular flexibility index (Phi) is 16.9. The highest BCUT2D eigenvalue weighted by molar-refractivity contribution is 5.81. The van der Waals surface area contributed by atoms with E-state index >= 15 is 0 Å². The van der Waals surface area contributed by atoms with Crippen LogP contribution in [0.3, 0.4) is 0 Å². The van der Waals surface area contributed by atoms with E-state index in [0.29, 0.717) is 19.6 Å². The summed E-state index contributed by atoms with van der Waals surface area (Å²) in [6, 6.07) is 18.9. The van der Waals surface area contributed by atoms with E-state index in [0.717, 1.165) is 43.6 Å². The minimum absolute atomic E-state index is 0.131. The first-order valence-electron chi connectivity index (χ1n) is 14.0. The van der Waals surface area contributed by atoms with Crippen molar-refractivity contribution >= 4 is 11.9 Å². The van der Waals surface area contributed by atoms with E-state index in [1.165, 1.54) is 31.8 Å². The van der Waals surface area contributed by atoms with E-state index in [1.807, 2.05) is 60.7 Å². The number of benzene rings is 2. The fourth-order valence-electron chi connectivity index (χ4n) is 4.02. The molecule has 0 aliphatic heterocycles. The molecule has 0 saturated heterocycles. The fourth-order valence-corrected chi connectivity index (χ4v) is 4.02. The normalized spacial score (nSPS) is 11.7. The Morgan fingerprint density at radius 1 is 0.684 bits per heavy atom. The van der Waals surface area contributed by atoms with Crippen LogP contribution in [0, 0.1) is 5.92 Å². The van der Waals surface area contributed by atoms with Crippen LogP contribution in [0.25, 0.3) is 0 Å². The predicted octanol–water partition coefficient (Wildman–Crippen LogP) is 7.32. The van der Waals surface area contributed by atoms with Crippen molar-refractivity contribution in [3.63, 3.8) is 0 Å². The number of hydrogen-bond acceptors (Lipinski definition) is 6. The van der Waals surface area contributed by atoms with Crippen molar-refractivity contribution < 1.29 is 28.5 Å². The highest BCUT2D eigenvalue weighted by Gasteiger charge is 2.19. The number of carbonyl (C=O) groups excluding carboxylic acids is 2. The van der Waals surface area contributed by atoms with Gasteiger partial charge in [0, 0.05) is 6.08 Å². The van der Waals surface area contributed by atoms with Gasteiger partial charge in [-0.3, -0.25) is 4.79 Å². The third kappa shape index (κ3) is 15.1. The quantitative estimate of drug-likeness (QED) is 0.0968. The first-order chi connectivity index (χ1) is 18.7. The van der Waals surface area contributed by atoms with Crippen LogP contribution >= 0.6 is 0 Å². The van der Waals surface area contributed by atoms with Crippen molar-refractivity contribution in [3.05, 3.63) is 72.8 Å². The third-order valence-corrected chi connectivity index (χ3v) is 6.10. The lowest BCUT2D eigenvalue weighted by Crippen LogP contribution is -2.21. The molecule has 0 fully saturated rings. The second-order valence-electron chi connectivity index (χ2n) is 9.24. The van der Waals surface area contributed by atoms with Crippen LogP contribution < -0.4 is 9.47 Å². The van der Waals surface area contributed by atoms with Crippen LogP contribution in [0.1, 0.15) is 71.1 Å². The first-order valence-corrected chi connectivity index (χ1v) is 14.0. The molecule has 6 nitrogen and oxygen atoms in total. The molecule has 1 unspecified atom stereocenters. The molecule has 0 aromatic heterocycles. The summed E-state index contributed by atoms with van der Waals surface area (Å²) >= 11 is 0. The van der Waals surface area contributed by atoms with Crippen LogP contribution in [0.15, 0.2) is 72.8 Å². The number of hydrogen-bond donors (Lipinski definition) is 0. The van der Waals surface area contributed by atoms with Crippen LogP contribution in [0.4, 0.5) is 0 Å². The molecule has 0 aliphatic rings. The summed E-state index contributed by atoms with van der Waals surface area (Å²) in [4.78, 5) is 24.7. The summed E-state index contributed by atoms with van der Waals surface area (Å²) in [5.74, 6) is 0.839. The van der Waals surface area contributed by atoms with Crippen molar-refractivity contribution in [1.82, 2.24) is 0 Å². The number of carbonyl (C=O) groups is 2. The molecule has 0 aliphatic carbocycles. The lowest BCUT2D eigenvalue weighted by atomic mass is 9.95. The SMILES string of the molecule is CCCCCCCCC(CCC/C=C/C(=O)OCCOc1ccccc1)C(=O)OCCOc1ccccc1. The molecule has 2 rings (SSSR count). The molecule has 208 valence electrons. The molecular formula is C32H44O6. The lowest BCUT2D eigenvalue weighted by molar-refractivity contribution is -0.150. The zero-order valence-corrected chi connectivity index (χ0v) is 22.9. The molecular weight excluding hydrogens is 480 g/mol. The zero-order chi connectivity index (χ0) is 27.1. The summed E-state index contributed by atoms with van der Waals surface area (Å²) in [6.45, 7) is 3.28. The minimum Gasteiger partial charge on any atom is -0.490 e. The Hall–Kier alpha value is -3.28. The maximum atomic E-state index is 12.8. The van der Waals surface area contributed by atoms with E-state index in [4.69, 9.17) is 18.9 Å². The van der Waals surface area contributed by atoms with E-state index < -0.39 is 0 Å². The minimum atomic E-state index is -0.386. The molecule has 2 aromatic rings. The van der Waals surface area contributed by atoms with Crippen molar-refractivity contribution in [2.24, 2.45) is 5.92 Å². The molecule has 0 radical (unpaired) electrons. The van der Waals surface area contributed by atoms with Crippen LogP contribution in [0.5, 0.6) is 11.5 Å². The average Bonchev–Trinajstić information content (AvgIpc) is 2.95. The molecule has 6 heteroatoms. The van der Waals surface area contributed by atoms with Gasteiger partial charge in [-0.15, -0.1) is 0 Å². The highest BCUT2D eigenvalue weighted by Crippen LogP contribution is 2.20. The van der Waals surface area contributed by atoms with E-state index in [1.54, 1.807) is 6.08 Å². The van der Waals surface area contributed by atoms with Gasteiger partial charge in [-0.25, -0.2) is 4.79 Å². The van der Waals surface area contributed by atoms with Crippen LogP contribution in [0.2, 0.25) is 0 Å². The standard InChI is InChI=1S/C32H44O6/c1-2-3-4-5-6-10-17-28(32(34)38-27-25-36-30-21-14-9-15-22-30)18-11-7-16-23-31(33)37-26-24-35-29-19-12-8-13-20-29/h8-9,12-16,19-23,28H,2-7,10-11,17-18,24-27H2,1H3/b23-16+. The third-order valence-electron chi connectivity index (χ3n) is 6.10. The molecule has 2 aromatic carbocycles. The van der Waals surface area contributed by atoms with Gasteiger partial charge in [0.2, 0.25) is 0 Å². The average molecular weight is 525 g/mol. The van der Waals surface area contributed by atoms with Gasteiger partial charge in [-0.2, -0.15) is 0 Å². The summed E-state index contributed by atoms with van der Waals surface area (Å²) < 4.78 is 21.8. The molecule has 1 atom stereocenters. The largest absolute Gasteiger partial charge is 0.490 e. The van der Waals surface area contributed by atoms with Gasteiger partial charge in [0.25, 0.3) is 0 Å². The Balaban J connectivity index is 1.65. The molecule has 0 N–H and O–H groups in total. The number of esters is 2. The monoisotopic (exact) mass is 524 g/mol. The van der Waals surface area contributed by atoms with Gasteiger partial charge in [0.1, 0.15) is 37.9 Å². The van der Waals surface area contributed by atoms with Gasteiger partial charge in [-0.1, -0.05) is 87.9 Å². The van der Waals surface area contributed by atoms with Gasteiger partial charge in [0.15, 0.2) is 0 Å². The lowest BCUT2D eigenvalue weighted by Gasteiger charge is -2.16. The summed E-state index contributed by atoms with van der Waals surface area (Å²) in [5.41, 5.74) is 0. The fraction of sp³-hybridized carbons (Fsp3) is 0.500. The first kappa shape index (κ1) is 30.9. The van der Waals surface area contributed by atoms with Gasteiger partial charge in [0.05, 0.1) is 5.92 Å². The van der Waals surface area contributed by atoms with E-state index in [9.17, 15) is 9.59 Å². The summed E-state index contributed by atoms with van der Waals surface area (Å²) in [6.07, 6.45) is 13.4. The smallest absolute Gasteiger partial charge is 0.330 e. The molecule has 38 heavy (non-hydrogen) atoms. The van der Waals surface area contributed by atoms with Gasteiger partial charge < -0.3 is 18.9 Å². The Morgan fingerprint density at radius 2 is 1.24 bits per heavy atom. The summed E-state index contributed by atoms with van der Waals surface area (Å²) in [5, 5.41) is 0. The van der Waals surface area contributed by atoms with Crippen molar-refractivity contribution in [3.8, 4) is 11.5 Å². The maximum absolute atomic E-state index is 12.8. The topological polar surface area (TPSA) is 71.1 Å². The zero-order valence-electron chi connectivity index (χ0n) is 22.9. The molecule has 0 saturated carbocycles. The number of allylic oxidation sites excluding steroid dienone is 1. The van der Waals surface area contributed by atoms with Gasteiger partial charge in [-0.05, 0) is 49.9 Å². The van der Waals surface area contributed by atoms with E-state index in [2.05, 4.69) is 6.92 Å². The van der Waals surface area contributed by atoms with Crippen LogP contribution in [-0.4, -0.2) is 38.4 Å². The Labute approximate surface area is 228 Å². The van der Waals surface area contributed by atoms with E-state index in [-0.39, 0.29) is 31.1 Å².